The van der Waals surface area contributed by atoms with Crippen LogP contribution >= 0.6 is 12.2 Å². The minimum Gasteiger partial charge on any atom is -0.385 e. The summed E-state index contributed by atoms with van der Waals surface area (Å²) in [7, 11) is 1.67. The molecule has 172 valence electrons. The van der Waals surface area contributed by atoms with Crippen molar-refractivity contribution in [2.45, 2.75) is 52.0 Å². The highest BCUT2D eigenvalue weighted by Crippen LogP contribution is 2.29. The van der Waals surface area contributed by atoms with Gasteiger partial charge < -0.3 is 4.74 Å². The van der Waals surface area contributed by atoms with E-state index < -0.39 is 0 Å². The van der Waals surface area contributed by atoms with Gasteiger partial charge in [0.05, 0.1) is 17.6 Å². The predicted molar refractivity (Wildman–Crippen MR) is 132 cm³/mol. The van der Waals surface area contributed by atoms with Gasteiger partial charge in [-0.3, -0.25) is 18.7 Å². The topological polar surface area (TPSA) is 56.7 Å². The van der Waals surface area contributed by atoms with Crippen molar-refractivity contribution in [2.75, 3.05) is 13.7 Å². The van der Waals surface area contributed by atoms with Crippen molar-refractivity contribution in [3.05, 3.63) is 74.8 Å². The van der Waals surface area contributed by atoms with E-state index in [-0.39, 0.29) is 5.56 Å². The van der Waals surface area contributed by atoms with Crippen LogP contribution in [0.3, 0.4) is 0 Å². The first-order valence-electron chi connectivity index (χ1n) is 11.5. The van der Waals surface area contributed by atoms with Crippen LogP contribution in [-0.4, -0.2) is 43.4 Å². The molecule has 0 aliphatic heterocycles. The summed E-state index contributed by atoms with van der Waals surface area (Å²) in [5.41, 5.74) is 3.31. The van der Waals surface area contributed by atoms with Gasteiger partial charge in [0.1, 0.15) is 0 Å². The van der Waals surface area contributed by atoms with Crippen LogP contribution in [0, 0.1) is 11.7 Å². The van der Waals surface area contributed by atoms with Crippen LogP contribution in [0.5, 0.6) is 0 Å². The lowest BCUT2D eigenvalue weighted by Gasteiger charge is -2.22. The van der Waals surface area contributed by atoms with Crippen LogP contribution in [0.15, 0.2) is 53.3 Å². The van der Waals surface area contributed by atoms with Crippen LogP contribution < -0.4 is 5.56 Å². The molecule has 2 heterocycles. The molecular weight excluding hydrogens is 434 g/mol. The monoisotopic (exact) mass is 463 g/mol. The average Bonchev–Trinajstić information content (AvgIpc) is 3.61. The molecule has 0 bridgehead atoms. The number of hydrogen-bond acceptors (Lipinski definition) is 5. The van der Waals surface area contributed by atoms with Gasteiger partial charge in [0.2, 0.25) is 10.5 Å². The molecule has 7 nitrogen and oxygen atoms in total. The van der Waals surface area contributed by atoms with E-state index in [9.17, 15) is 4.79 Å². The number of aromatic nitrogens is 4. The van der Waals surface area contributed by atoms with E-state index in [2.05, 4.69) is 36.1 Å². The standard InChI is InChI=1S/C25H29N5O2S/c1-18-7-5-8-19(15-18)16-27(20-11-12-20)17-29-25(33)30-22-10-4-3-9-21(22)23(31)28(24(30)26-29)13-6-14-32-2/h3-5,7-10,15,20H,6,11-14,16-17H2,1-2H3. The maximum atomic E-state index is 13.3. The fourth-order valence-electron chi connectivity index (χ4n) is 4.48. The molecule has 0 unspecified atom stereocenters. The summed E-state index contributed by atoms with van der Waals surface area (Å²) >= 11 is 5.90. The van der Waals surface area contributed by atoms with Crippen LogP contribution in [0.4, 0.5) is 0 Å². The van der Waals surface area contributed by atoms with Gasteiger partial charge in [0.15, 0.2) is 0 Å². The highest BCUT2D eigenvalue weighted by Gasteiger charge is 2.30. The Labute approximate surface area is 197 Å². The van der Waals surface area contributed by atoms with Crippen LogP contribution in [0.25, 0.3) is 16.7 Å². The summed E-state index contributed by atoms with van der Waals surface area (Å²) < 4.78 is 11.4. The Hall–Kier alpha value is -2.81. The Morgan fingerprint density at radius 1 is 1.18 bits per heavy atom. The summed E-state index contributed by atoms with van der Waals surface area (Å²) in [6.07, 6.45) is 3.11. The van der Waals surface area contributed by atoms with Crippen LogP contribution in [0.1, 0.15) is 30.4 Å². The van der Waals surface area contributed by atoms with E-state index in [1.165, 1.54) is 24.0 Å². The van der Waals surface area contributed by atoms with E-state index in [1.54, 1.807) is 11.7 Å². The van der Waals surface area contributed by atoms with E-state index in [4.69, 9.17) is 22.1 Å². The van der Waals surface area contributed by atoms with E-state index in [0.717, 1.165) is 18.5 Å². The number of nitrogens with zero attached hydrogens (tertiary/aromatic N) is 5. The van der Waals surface area contributed by atoms with Gasteiger partial charge in [-0.1, -0.05) is 42.0 Å². The zero-order chi connectivity index (χ0) is 22.9. The first-order chi connectivity index (χ1) is 16.1. The lowest BCUT2D eigenvalue weighted by atomic mass is 10.1. The molecule has 0 amide bonds. The number of benzene rings is 2. The second kappa shape index (κ2) is 9.21. The maximum Gasteiger partial charge on any atom is 0.262 e. The van der Waals surface area contributed by atoms with Gasteiger partial charge in [-0.25, -0.2) is 4.68 Å². The van der Waals surface area contributed by atoms with Crippen LogP contribution in [-0.2, 0) is 24.5 Å². The third kappa shape index (κ3) is 4.38. The fraction of sp³-hybridized carbons (Fsp3) is 0.400. The molecule has 1 saturated carbocycles. The highest BCUT2D eigenvalue weighted by molar-refractivity contribution is 7.71. The zero-order valence-corrected chi connectivity index (χ0v) is 19.9. The number of aryl methyl sites for hydroxylation is 2. The van der Waals surface area contributed by atoms with Crippen LogP contribution in [0.2, 0.25) is 0 Å². The van der Waals surface area contributed by atoms with Gasteiger partial charge in [-0.15, -0.1) is 5.10 Å². The molecule has 0 atom stereocenters. The number of hydrogen-bond donors (Lipinski definition) is 0. The largest absolute Gasteiger partial charge is 0.385 e. The molecule has 8 heteroatoms. The molecule has 0 radical (unpaired) electrons. The molecule has 0 saturated heterocycles. The minimum atomic E-state index is -0.0415. The third-order valence-corrected chi connectivity index (χ3v) is 6.65. The zero-order valence-electron chi connectivity index (χ0n) is 19.1. The molecule has 0 N–H and O–H groups in total. The second-order valence-corrected chi connectivity index (χ2v) is 9.21. The van der Waals surface area contributed by atoms with Gasteiger partial charge in [-0.2, -0.15) is 0 Å². The molecule has 1 fully saturated rings. The summed E-state index contributed by atoms with van der Waals surface area (Å²) in [6, 6.07) is 16.8. The number of methoxy groups -OCH3 is 1. The Kier molecular flexibility index (Phi) is 6.14. The van der Waals surface area contributed by atoms with Crippen molar-refractivity contribution < 1.29 is 4.74 Å². The number of para-hydroxylation sites is 1. The maximum absolute atomic E-state index is 13.3. The van der Waals surface area contributed by atoms with Gasteiger partial charge in [0, 0.05) is 32.8 Å². The lowest BCUT2D eigenvalue weighted by Crippen LogP contribution is -2.29. The first-order valence-corrected chi connectivity index (χ1v) is 11.9. The van der Waals surface area contributed by atoms with Crippen molar-refractivity contribution in [1.29, 1.82) is 0 Å². The van der Waals surface area contributed by atoms with Gasteiger partial charge >= 0.3 is 0 Å². The third-order valence-electron chi connectivity index (χ3n) is 6.26. The quantitative estimate of drug-likeness (QED) is 0.276. The Balaban J connectivity index is 1.58. The van der Waals surface area contributed by atoms with Crippen molar-refractivity contribution in [1.82, 2.24) is 23.6 Å². The van der Waals surface area contributed by atoms with Crippen molar-refractivity contribution in [3.8, 4) is 0 Å². The highest BCUT2D eigenvalue weighted by atomic mass is 32.1. The molecule has 5 rings (SSSR count). The van der Waals surface area contributed by atoms with E-state index in [0.29, 0.717) is 41.8 Å². The number of fused-ring (bicyclic) bond motifs is 3. The predicted octanol–water partition coefficient (Wildman–Crippen LogP) is 4.15. The van der Waals surface area contributed by atoms with E-state index >= 15 is 0 Å². The Morgan fingerprint density at radius 3 is 2.76 bits per heavy atom. The molecule has 1 aliphatic rings. The first kappa shape index (κ1) is 22.0. The smallest absolute Gasteiger partial charge is 0.262 e. The Bertz CT molecular complexity index is 1420. The van der Waals surface area contributed by atoms with Crippen molar-refractivity contribution in [2.24, 2.45) is 0 Å². The molecule has 2 aromatic carbocycles. The molecular formula is C25H29N5O2S. The second-order valence-electron chi connectivity index (χ2n) is 8.85. The average molecular weight is 464 g/mol. The molecule has 1 aliphatic carbocycles. The Morgan fingerprint density at radius 2 is 2.00 bits per heavy atom. The molecule has 4 aromatic rings. The van der Waals surface area contributed by atoms with E-state index in [1.807, 2.05) is 33.3 Å². The SMILES string of the molecule is COCCCn1c(=O)c2ccccc2n2c(=S)n(CN(Cc3cccc(C)c3)C3CC3)nc12. The lowest BCUT2D eigenvalue weighted by molar-refractivity contribution is 0.186. The summed E-state index contributed by atoms with van der Waals surface area (Å²) in [6.45, 7) is 4.68. The summed E-state index contributed by atoms with van der Waals surface area (Å²) in [5.74, 6) is 0.589. The van der Waals surface area contributed by atoms with Crippen molar-refractivity contribution >= 4 is 28.9 Å². The summed E-state index contributed by atoms with van der Waals surface area (Å²) in [4.78, 5) is 15.7. The fourth-order valence-corrected chi connectivity index (χ4v) is 4.76. The van der Waals surface area contributed by atoms with Gasteiger partial charge in [-0.05, 0) is 56.1 Å². The molecule has 0 spiro atoms. The summed E-state index contributed by atoms with van der Waals surface area (Å²) in [5, 5.41) is 5.52. The van der Waals surface area contributed by atoms with Crippen molar-refractivity contribution in [3.63, 3.8) is 0 Å². The number of ether oxygens (including phenoxy) is 1. The minimum absolute atomic E-state index is 0.0415. The molecule has 33 heavy (non-hydrogen) atoms. The number of rotatable bonds is 9. The molecule has 2 aromatic heterocycles. The normalized spacial score (nSPS) is 14.0. The van der Waals surface area contributed by atoms with Gasteiger partial charge in [0.25, 0.3) is 5.56 Å².